The second-order valence-corrected chi connectivity index (χ2v) is 5.40. The van der Waals surface area contributed by atoms with Crippen LogP contribution in [0.4, 0.5) is 0 Å². The number of hydrogen-bond acceptors (Lipinski definition) is 2. The lowest BCUT2D eigenvalue weighted by Crippen LogP contribution is -2.44. The maximum atomic E-state index is 10.3. The van der Waals surface area contributed by atoms with Crippen molar-refractivity contribution < 1.29 is 9.84 Å². The van der Waals surface area contributed by atoms with Gasteiger partial charge in [0, 0.05) is 12.5 Å². The molecule has 1 saturated heterocycles. The smallest absolute Gasteiger partial charge is 0.0624 e. The highest BCUT2D eigenvalue weighted by atomic mass is 16.5. The van der Waals surface area contributed by atoms with E-state index in [0.717, 1.165) is 19.1 Å². The molecule has 0 aromatic rings. The fourth-order valence-electron chi connectivity index (χ4n) is 3.92. The molecule has 0 radical (unpaired) electrons. The summed E-state index contributed by atoms with van der Waals surface area (Å²) >= 11 is 0. The van der Waals surface area contributed by atoms with Gasteiger partial charge in [-0.25, -0.2) is 0 Å². The van der Waals surface area contributed by atoms with Crippen LogP contribution in [-0.2, 0) is 4.74 Å². The minimum Gasteiger partial charge on any atom is -0.392 e. The number of rotatable bonds is 0. The van der Waals surface area contributed by atoms with Crippen LogP contribution in [0.3, 0.4) is 0 Å². The zero-order chi connectivity index (χ0) is 9.54. The molecule has 80 valence electrons. The largest absolute Gasteiger partial charge is 0.392 e. The van der Waals surface area contributed by atoms with Gasteiger partial charge in [-0.05, 0) is 30.6 Å². The van der Waals surface area contributed by atoms with Crippen LogP contribution in [0.15, 0.2) is 0 Å². The van der Waals surface area contributed by atoms with Gasteiger partial charge in [0.15, 0.2) is 0 Å². The lowest BCUT2D eigenvalue weighted by molar-refractivity contribution is -0.0464. The van der Waals surface area contributed by atoms with E-state index in [4.69, 9.17) is 4.74 Å². The molecule has 3 fully saturated rings. The topological polar surface area (TPSA) is 29.5 Å². The summed E-state index contributed by atoms with van der Waals surface area (Å²) < 4.78 is 5.51. The summed E-state index contributed by atoms with van der Waals surface area (Å²) in [6.07, 6.45) is 6.59. The van der Waals surface area contributed by atoms with Gasteiger partial charge >= 0.3 is 0 Å². The molecule has 1 N–H and O–H groups in total. The van der Waals surface area contributed by atoms with Crippen LogP contribution in [0, 0.1) is 23.7 Å². The molecule has 3 aliphatic rings. The zero-order valence-corrected chi connectivity index (χ0v) is 8.69. The predicted octanol–water partition coefficient (Wildman–Crippen LogP) is 1.82. The van der Waals surface area contributed by atoms with Crippen LogP contribution in [0.1, 0.15) is 32.1 Å². The lowest BCUT2D eigenvalue weighted by atomic mass is 9.63. The fraction of sp³-hybridized carbons (Fsp3) is 1.00. The van der Waals surface area contributed by atoms with E-state index in [9.17, 15) is 5.11 Å². The summed E-state index contributed by atoms with van der Waals surface area (Å²) in [6.45, 7) is 1.72. The van der Waals surface area contributed by atoms with Crippen LogP contribution < -0.4 is 0 Å². The van der Waals surface area contributed by atoms with Crippen molar-refractivity contribution in [2.45, 2.75) is 38.2 Å². The molecule has 0 aromatic heterocycles. The van der Waals surface area contributed by atoms with Crippen molar-refractivity contribution in [1.29, 1.82) is 0 Å². The van der Waals surface area contributed by atoms with Crippen LogP contribution in [0.2, 0.25) is 0 Å². The van der Waals surface area contributed by atoms with Gasteiger partial charge < -0.3 is 9.84 Å². The monoisotopic (exact) mass is 196 g/mol. The van der Waals surface area contributed by atoms with Gasteiger partial charge in [-0.2, -0.15) is 0 Å². The standard InChI is InChI=1S/C12H20O2/c13-12-10-4-2-1-3-8(10)5-9-6-14-7-11(9)12/h8-13H,1-7H2. The molecule has 1 heterocycles. The van der Waals surface area contributed by atoms with Gasteiger partial charge in [-0.15, -0.1) is 0 Å². The highest BCUT2D eigenvalue weighted by Crippen LogP contribution is 2.47. The maximum Gasteiger partial charge on any atom is 0.0624 e. The number of aliphatic hydroxyl groups is 1. The number of ether oxygens (including phenoxy) is 1. The highest BCUT2D eigenvalue weighted by Gasteiger charge is 2.46. The van der Waals surface area contributed by atoms with E-state index in [1.54, 1.807) is 0 Å². The van der Waals surface area contributed by atoms with Crippen molar-refractivity contribution in [3.63, 3.8) is 0 Å². The lowest BCUT2D eigenvalue weighted by Gasteiger charge is -2.44. The zero-order valence-electron chi connectivity index (χ0n) is 8.69. The summed E-state index contributed by atoms with van der Waals surface area (Å²) in [6, 6.07) is 0. The third-order valence-electron chi connectivity index (χ3n) is 4.70. The Balaban J connectivity index is 1.79. The fourth-order valence-corrected chi connectivity index (χ4v) is 3.92. The molecule has 3 rings (SSSR count). The first-order valence-corrected chi connectivity index (χ1v) is 6.12. The summed E-state index contributed by atoms with van der Waals surface area (Å²) in [5, 5.41) is 10.3. The number of fused-ring (bicyclic) bond motifs is 2. The van der Waals surface area contributed by atoms with Gasteiger partial charge in [0.2, 0.25) is 0 Å². The summed E-state index contributed by atoms with van der Waals surface area (Å²) in [4.78, 5) is 0. The molecule has 2 heteroatoms. The van der Waals surface area contributed by atoms with Crippen molar-refractivity contribution in [3.05, 3.63) is 0 Å². The van der Waals surface area contributed by atoms with Crippen LogP contribution in [0.25, 0.3) is 0 Å². The molecule has 0 bridgehead atoms. The van der Waals surface area contributed by atoms with E-state index < -0.39 is 0 Å². The van der Waals surface area contributed by atoms with Gasteiger partial charge in [0.05, 0.1) is 12.7 Å². The van der Waals surface area contributed by atoms with Crippen molar-refractivity contribution in [1.82, 2.24) is 0 Å². The van der Waals surface area contributed by atoms with Gasteiger partial charge in [0.1, 0.15) is 0 Å². The molecule has 5 atom stereocenters. The first-order valence-electron chi connectivity index (χ1n) is 6.12. The molecule has 14 heavy (non-hydrogen) atoms. The molecule has 0 aromatic carbocycles. The van der Waals surface area contributed by atoms with Crippen molar-refractivity contribution in [3.8, 4) is 0 Å². The normalized spacial score (nSPS) is 52.5. The van der Waals surface area contributed by atoms with Crippen LogP contribution in [-0.4, -0.2) is 24.4 Å². The Morgan fingerprint density at radius 3 is 2.71 bits per heavy atom. The second kappa shape index (κ2) is 3.49. The molecule has 0 amide bonds. The van der Waals surface area contributed by atoms with E-state index in [2.05, 4.69) is 0 Å². The average Bonchev–Trinajstić information content (AvgIpc) is 2.66. The Kier molecular flexibility index (Phi) is 2.29. The minimum atomic E-state index is -0.0541. The van der Waals surface area contributed by atoms with Crippen LogP contribution >= 0.6 is 0 Å². The summed E-state index contributed by atoms with van der Waals surface area (Å²) in [5.41, 5.74) is 0. The Morgan fingerprint density at radius 2 is 1.79 bits per heavy atom. The predicted molar refractivity (Wildman–Crippen MR) is 53.9 cm³/mol. The molecule has 2 saturated carbocycles. The average molecular weight is 196 g/mol. The van der Waals surface area contributed by atoms with Crippen molar-refractivity contribution >= 4 is 0 Å². The number of aliphatic hydroxyl groups excluding tert-OH is 1. The Labute approximate surface area is 85.6 Å². The SMILES string of the molecule is OC1C2CCCCC2CC2COCC21. The summed E-state index contributed by atoms with van der Waals surface area (Å²) in [5.74, 6) is 2.55. The molecule has 5 unspecified atom stereocenters. The van der Waals surface area contributed by atoms with Crippen molar-refractivity contribution in [2.24, 2.45) is 23.7 Å². The first-order chi connectivity index (χ1) is 6.86. The molecule has 1 aliphatic heterocycles. The van der Waals surface area contributed by atoms with E-state index in [-0.39, 0.29) is 6.10 Å². The number of hydrogen-bond donors (Lipinski definition) is 1. The Bertz CT molecular complexity index is 216. The van der Waals surface area contributed by atoms with E-state index in [1.807, 2.05) is 0 Å². The molecule has 0 spiro atoms. The maximum absolute atomic E-state index is 10.3. The third kappa shape index (κ3) is 1.31. The van der Waals surface area contributed by atoms with Crippen molar-refractivity contribution in [2.75, 3.05) is 13.2 Å². The van der Waals surface area contributed by atoms with Gasteiger partial charge in [-0.3, -0.25) is 0 Å². The highest BCUT2D eigenvalue weighted by molar-refractivity contribution is 4.95. The summed E-state index contributed by atoms with van der Waals surface area (Å²) in [7, 11) is 0. The van der Waals surface area contributed by atoms with Gasteiger partial charge in [0.25, 0.3) is 0 Å². The van der Waals surface area contributed by atoms with E-state index in [0.29, 0.717) is 17.8 Å². The minimum absolute atomic E-state index is 0.0541. The van der Waals surface area contributed by atoms with Crippen LogP contribution in [0.5, 0.6) is 0 Å². The molecule has 2 nitrogen and oxygen atoms in total. The Morgan fingerprint density at radius 1 is 0.929 bits per heavy atom. The first kappa shape index (κ1) is 9.17. The molecule has 2 aliphatic carbocycles. The third-order valence-corrected chi connectivity index (χ3v) is 4.70. The molecular weight excluding hydrogens is 176 g/mol. The Hall–Kier alpha value is -0.0800. The van der Waals surface area contributed by atoms with E-state index in [1.165, 1.54) is 32.1 Å². The van der Waals surface area contributed by atoms with Gasteiger partial charge in [-0.1, -0.05) is 19.3 Å². The molecular formula is C12H20O2. The second-order valence-electron chi connectivity index (χ2n) is 5.40. The quantitative estimate of drug-likeness (QED) is 0.640. The van der Waals surface area contributed by atoms with E-state index >= 15 is 0 Å².